The molecule has 2 heterocycles. The first-order valence-corrected chi connectivity index (χ1v) is 7.48. The fraction of sp³-hybridized carbons (Fsp3) is 0.235. The Hall–Kier alpha value is -3.10. The molecule has 0 saturated carbocycles. The van der Waals surface area contributed by atoms with E-state index in [0.29, 0.717) is 11.8 Å². The molecular formula is C17H14F3N3O3. The van der Waals surface area contributed by atoms with Crippen LogP contribution in [0.2, 0.25) is 0 Å². The number of methoxy groups -OCH3 is 2. The summed E-state index contributed by atoms with van der Waals surface area (Å²) in [7, 11) is 2.63. The van der Waals surface area contributed by atoms with Crippen molar-refractivity contribution in [1.82, 2.24) is 14.5 Å². The summed E-state index contributed by atoms with van der Waals surface area (Å²) in [5.41, 5.74) is -0.640. The number of hydrogen-bond donors (Lipinski definition) is 0. The summed E-state index contributed by atoms with van der Waals surface area (Å²) in [4.78, 5) is 19.6. The molecule has 0 unspecified atom stereocenters. The van der Waals surface area contributed by atoms with E-state index in [2.05, 4.69) is 14.7 Å². The van der Waals surface area contributed by atoms with Gasteiger partial charge >= 0.3 is 12.1 Å². The van der Waals surface area contributed by atoms with Gasteiger partial charge in [-0.05, 0) is 23.8 Å². The number of benzene rings is 1. The number of ether oxygens (including phenoxy) is 2. The van der Waals surface area contributed by atoms with E-state index in [1.807, 2.05) is 0 Å². The molecule has 6 nitrogen and oxygen atoms in total. The minimum atomic E-state index is -4.70. The van der Waals surface area contributed by atoms with Crippen LogP contribution >= 0.6 is 0 Å². The van der Waals surface area contributed by atoms with E-state index in [0.717, 1.165) is 12.7 Å². The Morgan fingerprint density at radius 2 is 1.88 bits per heavy atom. The average molecular weight is 365 g/mol. The Morgan fingerprint density at radius 3 is 2.46 bits per heavy atom. The zero-order valence-corrected chi connectivity index (χ0v) is 13.9. The van der Waals surface area contributed by atoms with Crippen molar-refractivity contribution >= 4 is 17.1 Å². The van der Waals surface area contributed by atoms with Crippen LogP contribution in [0, 0.1) is 0 Å². The van der Waals surface area contributed by atoms with Crippen molar-refractivity contribution in [2.24, 2.45) is 0 Å². The highest BCUT2D eigenvalue weighted by atomic mass is 19.4. The van der Waals surface area contributed by atoms with Crippen LogP contribution in [0.25, 0.3) is 11.2 Å². The normalized spacial score (nSPS) is 11.6. The Bertz CT molecular complexity index is 950. The quantitative estimate of drug-likeness (QED) is 0.664. The van der Waals surface area contributed by atoms with Gasteiger partial charge in [-0.1, -0.05) is 12.1 Å². The van der Waals surface area contributed by atoms with Crippen molar-refractivity contribution in [3.63, 3.8) is 0 Å². The molecular weight excluding hydrogens is 351 g/mol. The first kappa shape index (κ1) is 17.7. The molecule has 9 heteroatoms. The zero-order valence-electron chi connectivity index (χ0n) is 13.9. The van der Waals surface area contributed by atoms with Gasteiger partial charge in [0.25, 0.3) is 0 Å². The minimum absolute atomic E-state index is 0.0453. The highest BCUT2D eigenvalue weighted by molar-refractivity contribution is 6.01. The van der Waals surface area contributed by atoms with Crippen LogP contribution in [0.4, 0.5) is 13.2 Å². The second-order valence-corrected chi connectivity index (χ2v) is 5.44. The van der Waals surface area contributed by atoms with Crippen molar-refractivity contribution < 1.29 is 27.4 Å². The van der Waals surface area contributed by atoms with E-state index in [-0.39, 0.29) is 23.3 Å². The van der Waals surface area contributed by atoms with E-state index in [4.69, 9.17) is 4.74 Å². The highest BCUT2D eigenvalue weighted by Crippen LogP contribution is 2.31. The second-order valence-electron chi connectivity index (χ2n) is 5.44. The second kappa shape index (κ2) is 6.66. The SMILES string of the molecule is COC(=O)c1cc(C(F)(F)F)nc2c1ncn2Cc1ccc(OC)cc1. The summed E-state index contributed by atoms with van der Waals surface area (Å²) in [6, 6.07) is 7.68. The molecule has 0 aliphatic carbocycles. The number of carbonyl (C=O) groups is 1. The number of esters is 1. The molecule has 0 saturated heterocycles. The largest absolute Gasteiger partial charge is 0.497 e. The first-order valence-electron chi connectivity index (χ1n) is 7.48. The Morgan fingerprint density at radius 1 is 1.19 bits per heavy atom. The number of nitrogens with zero attached hydrogens (tertiary/aromatic N) is 3. The predicted molar refractivity (Wildman–Crippen MR) is 86.0 cm³/mol. The van der Waals surface area contributed by atoms with Gasteiger partial charge in [0.1, 0.15) is 17.0 Å². The smallest absolute Gasteiger partial charge is 0.433 e. The maximum Gasteiger partial charge on any atom is 0.433 e. The van der Waals surface area contributed by atoms with Crippen molar-refractivity contribution in [3.05, 3.63) is 53.5 Å². The van der Waals surface area contributed by atoms with E-state index in [9.17, 15) is 18.0 Å². The van der Waals surface area contributed by atoms with Gasteiger partial charge in [-0.15, -0.1) is 0 Å². The van der Waals surface area contributed by atoms with Crippen molar-refractivity contribution in [2.45, 2.75) is 12.7 Å². The Labute approximate surface area is 146 Å². The molecule has 0 bridgehead atoms. The lowest BCUT2D eigenvalue weighted by Crippen LogP contribution is -2.13. The van der Waals surface area contributed by atoms with Gasteiger partial charge in [-0.3, -0.25) is 0 Å². The summed E-state index contributed by atoms with van der Waals surface area (Å²) in [5.74, 6) is -0.243. The molecule has 136 valence electrons. The Balaban J connectivity index is 2.10. The minimum Gasteiger partial charge on any atom is -0.497 e. The molecule has 3 rings (SSSR count). The molecule has 0 N–H and O–H groups in total. The van der Waals surface area contributed by atoms with E-state index < -0.39 is 17.8 Å². The predicted octanol–water partition coefficient (Wildman–Crippen LogP) is 3.29. The lowest BCUT2D eigenvalue weighted by Gasteiger charge is -2.10. The third-order valence-corrected chi connectivity index (χ3v) is 3.78. The number of alkyl halides is 3. The van der Waals surface area contributed by atoms with E-state index in [1.54, 1.807) is 24.3 Å². The van der Waals surface area contributed by atoms with E-state index >= 15 is 0 Å². The molecule has 0 fully saturated rings. The number of rotatable bonds is 4. The molecule has 0 amide bonds. The number of fused-ring (bicyclic) bond motifs is 1. The lowest BCUT2D eigenvalue weighted by molar-refractivity contribution is -0.141. The standard InChI is InChI=1S/C17H14F3N3O3/c1-25-11-5-3-10(4-6-11)8-23-9-21-14-12(16(24)26-2)7-13(17(18,19)20)22-15(14)23/h3-7,9H,8H2,1-2H3. The van der Waals surface area contributed by atoms with Gasteiger partial charge in [0.05, 0.1) is 32.7 Å². The monoisotopic (exact) mass is 365 g/mol. The first-order chi connectivity index (χ1) is 12.3. The summed E-state index contributed by atoms with van der Waals surface area (Å²) in [6.45, 7) is 0.232. The number of hydrogen-bond acceptors (Lipinski definition) is 5. The van der Waals surface area contributed by atoms with Crippen molar-refractivity contribution in [1.29, 1.82) is 0 Å². The molecule has 3 aromatic rings. The van der Waals surface area contributed by atoms with Crippen LogP contribution in [-0.4, -0.2) is 34.7 Å². The van der Waals surface area contributed by atoms with Crippen LogP contribution in [-0.2, 0) is 17.5 Å². The van der Waals surface area contributed by atoms with Gasteiger partial charge in [0.2, 0.25) is 0 Å². The number of carbonyl (C=O) groups excluding carboxylic acids is 1. The summed E-state index contributed by atoms with van der Waals surface area (Å²) >= 11 is 0. The van der Waals surface area contributed by atoms with Crippen LogP contribution < -0.4 is 4.74 Å². The maximum absolute atomic E-state index is 13.2. The van der Waals surface area contributed by atoms with Crippen molar-refractivity contribution in [3.8, 4) is 5.75 Å². The van der Waals surface area contributed by atoms with E-state index in [1.165, 1.54) is 18.0 Å². The topological polar surface area (TPSA) is 66.2 Å². The summed E-state index contributed by atoms with van der Waals surface area (Å²) in [6.07, 6.45) is -3.36. The number of imidazole rings is 1. The lowest BCUT2D eigenvalue weighted by atomic mass is 10.2. The molecule has 0 atom stereocenters. The third-order valence-electron chi connectivity index (χ3n) is 3.78. The highest BCUT2D eigenvalue weighted by Gasteiger charge is 2.35. The van der Waals surface area contributed by atoms with Gasteiger partial charge in [0, 0.05) is 0 Å². The van der Waals surface area contributed by atoms with Gasteiger partial charge in [0.15, 0.2) is 5.65 Å². The van der Waals surface area contributed by atoms with Crippen LogP contribution in [0.1, 0.15) is 21.6 Å². The van der Waals surface area contributed by atoms with Crippen molar-refractivity contribution in [2.75, 3.05) is 14.2 Å². The molecule has 0 spiro atoms. The van der Waals surface area contributed by atoms with Crippen LogP contribution in [0.5, 0.6) is 5.75 Å². The number of halogens is 3. The molecule has 0 aliphatic heterocycles. The summed E-state index contributed by atoms with van der Waals surface area (Å²) in [5, 5.41) is 0. The Kier molecular flexibility index (Phi) is 4.54. The number of aromatic nitrogens is 3. The fourth-order valence-electron chi connectivity index (χ4n) is 2.49. The maximum atomic E-state index is 13.2. The molecule has 0 aliphatic rings. The molecule has 2 aromatic heterocycles. The molecule has 1 aromatic carbocycles. The van der Waals surface area contributed by atoms with Gasteiger partial charge in [-0.2, -0.15) is 13.2 Å². The average Bonchev–Trinajstić information content (AvgIpc) is 3.03. The molecule has 0 radical (unpaired) electrons. The van der Waals surface area contributed by atoms with Crippen LogP contribution in [0.15, 0.2) is 36.7 Å². The number of pyridine rings is 1. The van der Waals surface area contributed by atoms with Gasteiger partial charge in [-0.25, -0.2) is 14.8 Å². The fourth-order valence-corrected chi connectivity index (χ4v) is 2.49. The zero-order chi connectivity index (χ0) is 18.9. The van der Waals surface area contributed by atoms with Crippen LogP contribution in [0.3, 0.4) is 0 Å². The van der Waals surface area contributed by atoms with Gasteiger partial charge < -0.3 is 14.0 Å². The third kappa shape index (κ3) is 3.32. The molecule has 26 heavy (non-hydrogen) atoms. The summed E-state index contributed by atoms with van der Waals surface area (Å²) < 4.78 is 50.5.